The van der Waals surface area contributed by atoms with Gasteiger partial charge in [-0.1, -0.05) is 30.1 Å². The number of carbonyl (C=O) groups excluding carboxylic acids is 2. The van der Waals surface area contributed by atoms with Crippen molar-refractivity contribution in [2.75, 3.05) is 26.2 Å². The summed E-state index contributed by atoms with van der Waals surface area (Å²) in [6.07, 6.45) is 5.52. The lowest BCUT2D eigenvalue weighted by Crippen LogP contribution is -2.44. The Balaban J connectivity index is 0.991. The Bertz CT molecular complexity index is 1160. The van der Waals surface area contributed by atoms with Crippen molar-refractivity contribution in [1.29, 1.82) is 0 Å². The second-order valence-electron chi connectivity index (χ2n) is 12.3. The van der Waals surface area contributed by atoms with E-state index in [1.54, 1.807) is 0 Å². The summed E-state index contributed by atoms with van der Waals surface area (Å²) in [7, 11) is 0. The van der Waals surface area contributed by atoms with E-state index in [9.17, 15) is 19.8 Å². The lowest BCUT2D eigenvalue weighted by atomic mass is 9.78. The molecule has 0 radical (unpaired) electrons. The molecule has 1 aromatic carbocycles. The fourth-order valence-electron chi connectivity index (χ4n) is 8.59. The number of para-hydroxylation sites is 1. The molecule has 3 saturated carbocycles. The Kier molecular flexibility index (Phi) is 5.90. The summed E-state index contributed by atoms with van der Waals surface area (Å²) in [5.74, 6) is -0.362. The maximum Gasteiger partial charge on any atom is 0.233 e. The molecule has 8 heteroatoms. The molecular weight excluding hydrogens is 470 g/mol. The number of rotatable bonds is 5. The van der Waals surface area contributed by atoms with Gasteiger partial charge in [0.25, 0.3) is 0 Å². The third kappa shape index (κ3) is 3.78. The molecule has 3 aliphatic carbocycles. The molecule has 2 aliphatic heterocycles. The summed E-state index contributed by atoms with van der Waals surface area (Å²) in [6, 6.07) is 8.09. The minimum atomic E-state index is -0.872. The summed E-state index contributed by atoms with van der Waals surface area (Å²) in [5, 5.41) is 26.2. The van der Waals surface area contributed by atoms with Gasteiger partial charge < -0.3 is 19.6 Å². The van der Waals surface area contributed by atoms with Crippen LogP contribution >= 0.6 is 0 Å². The van der Waals surface area contributed by atoms with E-state index in [2.05, 4.69) is 16.1 Å². The predicted octanol–water partition coefficient (Wildman–Crippen LogP) is 2.79. The molecule has 2 aromatic rings. The summed E-state index contributed by atoms with van der Waals surface area (Å²) >= 11 is 0. The smallest absolute Gasteiger partial charge is 0.233 e. The molecule has 1 aromatic heterocycles. The van der Waals surface area contributed by atoms with Gasteiger partial charge in [-0.05, 0) is 69.2 Å². The molecule has 2 amide bonds. The van der Waals surface area contributed by atoms with Crippen LogP contribution < -0.4 is 0 Å². The van der Waals surface area contributed by atoms with Gasteiger partial charge in [0, 0.05) is 36.2 Å². The Morgan fingerprint density at radius 3 is 2.16 bits per heavy atom. The number of piperidine rings is 1. The summed E-state index contributed by atoms with van der Waals surface area (Å²) in [4.78, 5) is 30.8. The lowest BCUT2D eigenvalue weighted by molar-refractivity contribution is -0.142. The first kappa shape index (κ1) is 23.8. The molecule has 0 spiro atoms. The molecular formula is C29H37N3O5. The number of imide groups is 1. The van der Waals surface area contributed by atoms with Crippen LogP contribution in [0.4, 0.5) is 0 Å². The standard InChI is InChI=1S/C29H37N3O5/c33-26-20-13-21(27(26)34)24-23(20)28(35)32(29(24)36)15-18-6-2-1-5-17(18)14-31-11-9-16(10-12-31)25-19-7-3-4-8-22(19)37-30-25/h3-4,7-8,16-18,20-21,23-24,26-27,33-34H,1-2,5-6,9-15H2/t17-,18-,20?,21?,23?,24?,26?,27?/m1/s1. The van der Waals surface area contributed by atoms with Crippen LogP contribution in [0.5, 0.6) is 0 Å². The molecule has 8 atom stereocenters. The van der Waals surface area contributed by atoms with Gasteiger partial charge in [-0.2, -0.15) is 0 Å². The second-order valence-corrected chi connectivity index (χ2v) is 12.3. The number of likely N-dealkylation sites (tertiary alicyclic amines) is 2. The molecule has 198 valence electrons. The van der Waals surface area contributed by atoms with Crippen molar-refractivity contribution < 1.29 is 24.3 Å². The maximum absolute atomic E-state index is 13.3. The van der Waals surface area contributed by atoms with Crippen molar-refractivity contribution in [3.05, 3.63) is 30.0 Å². The first-order valence-corrected chi connectivity index (χ1v) is 14.3. The topological polar surface area (TPSA) is 107 Å². The SMILES string of the molecule is O=C1C2C3CC(C(O)C3O)C2C(=O)N1C[C@H]1CCCC[C@@H]1CN1CCC(c2noc3ccccc23)CC1. The molecule has 2 bridgehead atoms. The molecule has 2 saturated heterocycles. The number of hydrogen-bond acceptors (Lipinski definition) is 7. The van der Waals surface area contributed by atoms with Crippen LogP contribution in [0.15, 0.2) is 28.8 Å². The molecule has 3 heterocycles. The van der Waals surface area contributed by atoms with Crippen LogP contribution in [0.1, 0.15) is 56.6 Å². The Morgan fingerprint density at radius 1 is 0.865 bits per heavy atom. The minimum Gasteiger partial charge on any atom is -0.390 e. The molecule has 5 aliphatic rings. The number of carbonyl (C=O) groups is 2. The van der Waals surface area contributed by atoms with Crippen molar-refractivity contribution in [2.24, 2.45) is 35.5 Å². The van der Waals surface area contributed by atoms with Crippen molar-refractivity contribution in [1.82, 2.24) is 15.0 Å². The number of aliphatic hydroxyl groups is 2. The maximum atomic E-state index is 13.3. The number of benzene rings is 1. The highest BCUT2D eigenvalue weighted by Crippen LogP contribution is 2.56. The normalized spacial score (nSPS) is 38.7. The quantitative estimate of drug-likeness (QED) is 0.600. The van der Waals surface area contributed by atoms with E-state index in [1.165, 1.54) is 11.3 Å². The summed E-state index contributed by atoms with van der Waals surface area (Å²) in [5.41, 5.74) is 1.95. The number of aromatic nitrogens is 1. The van der Waals surface area contributed by atoms with Gasteiger partial charge in [0.2, 0.25) is 11.8 Å². The molecule has 5 fully saturated rings. The highest BCUT2D eigenvalue weighted by atomic mass is 16.5. The van der Waals surface area contributed by atoms with E-state index in [0.717, 1.165) is 68.4 Å². The zero-order valence-corrected chi connectivity index (χ0v) is 21.2. The van der Waals surface area contributed by atoms with Crippen molar-refractivity contribution >= 4 is 22.8 Å². The van der Waals surface area contributed by atoms with Gasteiger partial charge >= 0.3 is 0 Å². The van der Waals surface area contributed by atoms with Gasteiger partial charge in [0.05, 0.1) is 29.7 Å². The Morgan fingerprint density at radius 2 is 1.49 bits per heavy atom. The van der Waals surface area contributed by atoms with E-state index < -0.39 is 24.0 Å². The van der Waals surface area contributed by atoms with Crippen LogP contribution in [0.2, 0.25) is 0 Å². The monoisotopic (exact) mass is 507 g/mol. The molecule has 37 heavy (non-hydrogen) atoms. The van der Waals surface area contributed by atoms with Crippen molar-refractivity contribution in [2.45, 2.75) is 63.1 Å². The van der Waals surface area contributed by atoms with Gasteiger partial charge in [-0.3, -0.25) is 14.5 Å². The second kappa shape index (κ2) is 9.17. The van der Waals surface area contributed by atoms with Crippen LogP contribution in [0, 0.1) is 35.5 Å². The zero-order valence-electron chi connectivity index (χ0n) is 21.2. The van der Waals surface area contributed by atoms with Gasteiger partial charge in [-0.15, -0.1) is 0 Å². The number of amides is 2. The number of aliphatic hydroxyl groups excluding tert-OH is 2. The largest absolute Gasteiger partial charge is 0.390 e. The van der Waals surface area contributed by atoms with Crippen LogP contribution in [0.25, 0.3) is 11.0 Å². The predicted molar refractivity (Wildman–Crippen MR) is 135 cm³/mol. The number of nitrogens with zero attached hydrogens (tertiary/aromatic N) is 3. The average molecular weight is 508 g/mol. The fraction of sp³-hybridized carbons (Fsp3) is 0.690. The average Bonchev–Trinajstić information content (AvgIpc) is 3.65. The van der Waals surface area contributed by atoms with Crippen molar-refractivity contribution in [3.8, 4) is 0 Å². The van der Waals surface area contributed by atoms with Crippen LogP contribution in [-0.4, -0.2) is 75.4 Å². The molecule has 6 unspecified atom stereocenters. The van der Waals surface area contributed by atoms with E-state index in [4.69, 9.17) is 4.52 Å². The van der Waals surface area contributed by atoms with E-state index >= 15 is 0 Å². The van der Waals surface area contributed by atoms with E-state index in [-0.39, 0.29) is 23.7 Å². The van der Waals surface area contributed by atoms with Gasteiger partial charge in [-0.25, -0.2) is 0 Å². The number of fused-ring (bicyclic) bond motifs is 6. The van der Waals surface area contributed by atoms with Crippen molar-refractivity contribution in [3.63, 3.8) is 0 Å². The third-order valence-corrected chi connectivity index (χ3v) is 10.5. The molecule has 8 nitrogen and oxygen atoms in total. The van der Waals surface area contributed by atoms with Gasteiger partial charge in [0.1, 0.15) is 0 Å². The van der Waals surface area contributed by atoms with Gasteiger partial charge in [0.15, 0.2) is 5.58 Å². The Labute approximate surface area is 217 Å². The molecule has 2 N–H and O–H groups in total. The van der Waals surface area contributed by atoms with E-state index in [0.29, 0.717) is 30.7 Å². The highest BCUT2D eigenvalue weighted by Gasteiger charge is 2.67. The third-order valence-electron chi connectivity index (χ3n) is 10.5. The highest BCUT2D eigenvalue weighted by molar-refractivity contribution is 6.06. The van der Waals surface area contributed by atoms with Crippen LogP contribution in [-0.2, 0) is 9.59 Å². The molecule has 7 rings (SSSR count). The fourth-order valence-corrected chi connectivity index (χ4v) is 8.59. The first-order valence-electron chi connectivity index (χ1n) is 14.3. The minimum absolute atomic E-state index is 0.0987. The summed E-state index contributed by atoms with van der Waals surface area (Å²) < 4.78 is 5.55. The first-order chi connectivity index (χ1) is 18.0. The Hall–Kier alpha value is -2.29. The number of hydrogen-bond donors (Lipinski definition) is 2. The lowest BCUT2D eigenvalue weighted by Gasteiger charge is -2.39. The van der Waals surface area contributed by atoms with Crippen LogP contribution in [0.3, 0.4) is 0 Å². The summed E-state index contributed by atoms with van der Waals surface area (Å²) in [6.45, 7) is 3.57. The zero-order chi connectivity index (χ0) is 25.3. The van der Waals surface area contributed by atoms with E-state index in [1.807, 2.05) is 18.2 Å².